The van der Waals surface area contributed by atoms with Gasteiger partial charge in [0, 0.05) is 35.7 Å². The molecule has 0 spiro atoms. The van der Waals surface area contributed by atoms with Crippen molar-refractivity contribution in [2.75, 3.05) is 19.3 Å². The van der Waals surface area contributed by atoms with Crippen LogP contribution in [0.5, 0.6) is 0 Å². The van der Waals surface area contributed by atoms with E-state index < -0.39 is 10.0 Å². The molecule has 7 heteroatoms. The van der Waals surface area contributed by atoms with Gasteiger partial charge in [-0.3, -0.25) is 4.98 Å². The van der Waals surface area contributed by atoms with Gasteiger partial charge in [-0.05, 0) is 55.3 Å². The quantitative estimate of drug-likeness (QED) is 0.642. The maximum absolute atomic E-state index is 11.8. The van der Waals surface area contributed by atoms with Crippen molar-refractivity contribution >= 4 is 32.7 Å². The molecule has 0 aliphatic carbocycles. The first kappa shape index (κ1) is 18.9. The van der Waals surface area contributed by atoms with Crippen LogP contribution in [-0.4, -0.2) is 41.6 Å². The Labute approximate surface area is 159 Å². The van der Waals surface area contributed by atoms with Gasteiger partial charge in [0.05, 0.1) is 17.3 Å². The van der Waals surface area contributed by atoms with Crippen LogP contribution < -0.4 is 0 Å². The molecule has 0 saturated heterocycles. The van der Waals surface area contributed by atoms with Crippen molar-refractivity contribution in [3.8, 4) is 5.69 Å². The lowest BCUT2D eigenvalue weighted by atomic mass is 10.2. The molecule has 138 valence electrons. The molecule has 3 aromatic rings. The molecule has 1 aromatic carbocycles. The number of benzene rings is 1. The average molecular weight is 392 g/mol. The molecule has 0 N–H and O–H groups in total. The Kier molecular flexibility index (Phi) is 5.37. The molecule has 2 heterocycles. The smallest absolute Gasteiger partial charge is 0.211 e. The van der Waals surface area contributed by atoms with Crippen molar-refractivity contribution in [1.29, 1.82) is 0 Å². The summed E-state index contributed by atoms with van der Waals surface area (Å²) in [5.41, 5.74) is 5.03. The average Bonchev–Trinajstić information content (AvgIpc) is 2.90. The van der Waals surface area contributed by atoms with Gasteiger partial charge in [-0.1, -0.05) is 18.5 Å². The minimum atomic E-state index is -3.18. The van der Waals surface area contributed by atoms with Gasteiger partial charge in [0.2, 0.25) is 10.0 Å². The molecule has 5 nitrogen and oxygen atoms in total. The van der Waals surface area contributed by atoms with Crippen molar-refractivity contribution in [2.45, 2.75) is 20.3 Å². The number of hydrogen-bond donors (Lipinski definition) is 0. The number of hydrogen-bond acceptors (Lipinski definition) is 3. The molecule has 0 amide bonds. The van der Waals surface area contributed by atoms with E-state index in [9.17, 15) is 8.42 Å². The first-order chi connectivity index (χ1) is 12.3. The van der Waals surface area contributed by atoms with Crippen molar-refractivity contribution in [3.05, 3.63) is 58.9 Å². The van der Waals surface area contributed by atoms with Crippen LogP contribution in [0.2, 0.25) is 5.02 Å². The SMILES string of the molecule is CCN(CCc1cnc2cc(C)n(-c3ccc(Cl)cc3)c2c1)S(C)(=O)=O. The number of fused-ring (bicyclic) bond motifs is 1. The van der Waals surface area contributed by atoms with Gasteiger partial charge < -0.3 is 4.57 Å². The van der Waals surface area contributed by atoms with Gasteiger partial charge in [-0.25, -0.2) is 12.7 Å². The van der Waals surface area contributed by atoms with Crippen molar-refractivity contribution < 1.29 is 8.42 Å². The Morgan fingerprint density at radius 3 is 2.50 bits per heavy atom. The molecule has 0 aliphatic rings. The Morgan fingerprint density at radius 1 is 1.19 bits per heavy atom. The zero-order valence-corrected chi connectivity index (χ0v) is 16.7. The second kappa shape index (κ2) is 7.39. The summed E-state index contributed by atoms with van der Waals surface area (Å²) in [6.45, 7) is 4.80. The van der Waals surface area contributed by atoms with Gasteiger partial charge in [-0.15, -0.1) is 0 Å². The summed E-state index contributed by atoms with van der Waals surface area (Å²) < 4.78 is 27.1. The maximum Gasteiger partial charge on any atom is 0.211 e. The third-order valence-corrected chi connectivity index (χ3v) is 6.08. The number of rotatable bonds is 6. The van der Waals surface area contributed by atoms with E-state index in [4.69, 9.17) is 11.6 Å². The minimum Gasteiger partial charge on any atom is -0.312 e. The zero-order chi connectivity index (χ0) is 18.9. The number of halogens is 1. The summed E-state index contributed by atoms with van der Waals surface area (Å²) in [6, 6.07) is 11.8. The first-order valence-corrected chi connectivity index (χ1v) is 10.7. The highest BCUT2D eigenvalue weighted by atomic mass is 35.5. The topological polar surface area (TPSA) is 55.2 Å². The highest BCUT2D eigenvalue weighted by Gasteiger charge is 2.15. The van der Waals surface area contributed by atoms with Gasteiger partial charge in [0.15, 0.2) is 0 Å². The Bertz CT molecular complexity index is 1030. The highest BCUT2D eigenvalue weighted by molar-refractivity contribution is 7.88. The van der Waals surface area contributed by atoms with Crippen LogP contribution in [0.4, 0.5) is 0 Å². The fourth-order valence-electron chi connectivity index (χ4n) is 3.13. The molecule has 0 atom stereocenters. The van der Waals surface area contributed by atoms with Crippen molar-refractivity contribution in [1.82, 2.24) is 13.9 Å². The lowest BCUT2D eigenvalue weighted by Crippen LogP contribution is -2.31. The van der Waals surface area contributed by atoms with E-state index in [1.54, 1.807) is 0 Å². The van der Waals surface area contributed by atoms with Crippen molar-refractivity contribution in [2.24, 2.45) is 0 Å². The molecular weight excluding hydrogens is 370 g/mol. The Morgan fingerprint density at radius 2 is 1.88 bits per heavy atom. The van der Waals surface area contributed by atoms with Crippen LogP contribution in [0.25, 0.3) is 16.7 Å². The molecule has 26 heavy (non-hydrogen) atoms. The third kappa shape index (κ3) is 3.92. The Hall–Kier alpha value is -1.89. The monoisotopic (exact) mass is 391 g/mol. The molecule has 0 unspecified atom stereocenters. The van der Waals surface area contributed by atoms with Gasteiger partial charge in [0.25, 0.3) is 0 Å². The predicted octanol–water partition coefficient (Wildman–Crippen LogP) is 3.81. The number of sulfonamides is 1. The zero-order valence-electron chi connectivity index (χ0n) is 15.1. The summed E-state index contributed by atoms with van der Waals surface area (Å²) >= 11 is 6.00. The van der Waals surface area contributed by atoms with E-state index in [1.807, 2.05) is 50.4 Å². The first-order valence-electron chi connectivity index (χ1n) is 8.47. The normalized spacial score (nSPS) is 12.2. The molecule has 0 bridgehead atoms. The van der Waals surface area contributed by atoms with Gasteiger partial charge >= 0.3 is 0 Å². The van der Waals surface area contributed by atoms with E-state index in [0.717, 1.165) is 28.0 Å². The van der Waals surface area contributed by atoms with Crippen LogP contribution in [0.15, 0.2) is 42.6 Å². The van der Waals surface area contributed by atoms with Crippen LogP contribution in [0.3, 0.4) is 0 Å². The van der Waals surface area contributed by atoms with E-state index in [1.165, 1.54) is 10.6 Å². The molecule has 2 aromatic heterocycles. The largest absolute Gasteiger partial charge is 0.312 e. The van der Waals surface area contributed by atoms with Crippen LogP contribution in [0.1, 0.15) is 18.2 Å². The van der Waals surface area contributed by atoms with E-state index in [0.29, 0.717) is 24.5 Å². The molecule has 3 rings (SSSR count). The molecular formula is C19H22ClN3O2S. The number of pyridine rings is 1. The standard InChI is InChI=1S/C19H22ClN3O2S/c1-4-22(26(3,24)25)10-9-15-12-19-18(21-13-15)11-14(2)23(19)17-7-5-16(20)6-8-17/h5-8,11-13H,4,9-10H2,1-3H3. The molecule has 0 radical (unpaired) electrons. The fourth-order valence-corrected chi connectivity index (χ4v) is 4.15. The summed E-state index contributed by atoms with van der Waals surface area (Å²) in [5.74, 6) is 0. The van der Waals surface area contributed by atoms with Crippen LogP contribution in [-0.2, 0) is 16.4 Å². The highest BCUT2D eigenvalue weighted by Crippen LogP contribution is 2.24. The van der Waals surface area contributed by atoms with Crippen molar-refractivity contribution in [3.63, 3.8) is 0 Å². The lowest BCUT2D eigenvalue weighted by molar-refractivity contribution is 0.435. The summed E-state index contributed by atoms with van der Waals surface area (Å²) in [4.78, 5) is 4.56. The number of likely N-dealkylation sites (N-methyl/N-ethyl adjacent to an activating group) is 1. The van der Waals surface area contributed by atoms with Crippen LogP contribution >= 0.6 is 11.6 Å². The van der Waals surface area contributed by atoms with E-state index >= 15 is 0 Å². The van der Waals surface area contributed by atoms with Gasteiger partial charge in [0.1, 0.15) is 0 Å². The Balaban J connectivity index is 1.95. The fraction of sp³-hybridized carbons (Fsp3) is 0.316. The number of nitrogens with zero attached hydrogens (tertiary/aromatic N) is 3. The molecule has 0 saturated carbocycles. The number of aryl methyl sites for hydroxylation is 1. The molecule has 0 aliphatic heterocycles. The van der Waals surface area contributed by atoms with E-state index in [-0.39, 0.29) is 0 Å². The third-order valence-electron chi connectivity index (χ3n) is 4.45. The summed E-state index contributed by atoms with van der Waals surface area (Å²) in [6.07, 6.45) is 3.69. The second-order valence-electron chi connectivity index (χ2n) is 6.35. The predicted molar refractivity (Wildman–Crippen MR) is 107 cm³/mol. The number of aromatic nitrogens is 2. The second-order valence-corrected chi connectivity index (χ2v) is 8.77. The summed E-state index contributed by atoms with van der Waals surface area (Å²) in [5, 5.41) is 0.696. The maximum atomic E-state index is 11.8. The minimum absolute atomic E-state index is 0.448. The molecule has 0 fully saturated rings. The van der Waals surface area contributed by atoms with E-state index in [2.05, 4.69) is 15.6 Å². The summed E-state index contributed by atoms with van der Waals surface area (Å²) in [7, 11) is -3.18. The van der Waals surface area contributed by atoms with Crippen LogP contribution in [0, 0.1) is 6.92 Å². The lowest BCUT2D eigenvalue weighted by Gasteiger charge is -2.17. The van der Waals surface area contributed by atoms with Gasteiger partial charge in [-0.2, -0.15) is 0 Å².